The first-order chi connectivity index (χ1) is 16.9. The number of nitriles is 1. The second-order valence-corrected chi connectivity index (χ2v) is 11.1. The van der Waals surface area contributed by atoms with Crippen LogP contribution in [0.1, 0.15) is 37.1 Å². The molecule has 3 aromatic carbocycles. The van der Waals surface area contributed by atoms with Crippen molar-refractivity contribution in [1.29, 1.82) is 5.26 Å². The number of hydrogen-bond donors (Lipinski definition) is 0. The maximum atomic E-state index is 13.1. The van der Waals surface area contributed by atoms with E-state index in [2.05, 4.69) is 77.9 Å². The Morgan fingerprint density at radius 1 is 0.886 bits per heavy atom. The van der Waals surface area contributed by atoms with Crippen LogP contribution in [0.15, 0.2) is 83.7 Å². The molecular weight excluding hydrogens is 430 g/mol. The highest BCUT2D eigenvalue weighted by Crippen LogP contribution is 2.49. The largest absolute Gasteiger partial charge is 0.311 e. The van der Waals surface area contributed by atoms with E-state index in [-0.39, 0.29) is 16.4 Å². The van der Waals surface area contributed by atoms with Crippen LogP contribution in [0, 0.1) is 16.7 Å². The molecule has 0 saturated carbocycles. The third kappa shape index (κ3) is 3.77. The molecule has 3 heterocycles. The van der Waals surface area contributed by atoms with Gasteiger partial charge in [0.1, 0.15) is 0 Å². The monoisotopic (exact) mass is 459 g/mol. The summed E-state index contributed by atoms with van der Waals surface area (Å²) in [6.07, 6.45) is 1.05. The zero-order valence-electron chi connectivity index (χ0n) is 20.3. The molecule has 0 unspecified atom stereocenters. The molecule has 1 fully saturated rings. The van der Waals surface area contributed by atoms with Crippen molar-refractivity contribution < 1.29 is 0 Å². The second-order valence-electron chi connectivity index (χ2n) is 11.1. The molecule has 0 amide bonds. The van der Waals surface area contributed by atoms with Gasteiger partial charge in [-0.2, -0.15) is 5.26 Å². The number of fused-ring (bicyclic) bond motifs is 5. The predicted molar refractivity (Wildman–Crippen MR) is 140 cm³/mol. The van der Waals surface area contributed by atoms with E-state index in [1.165, 1.54) is 10.8 Å². The van der Waals surface area contributed by atoms with Crippen LogP contribution >= 0.6 is 0 Å². The van der Waals surface area contributed by atoms with E-state index in [9.17, 15) is 10.1 Å². The summed E-state index contributed by atoms with van der Waals surface area (Å²) in [4.78, 5) is 15.7. The van der Waals surface area contributed by atoms with Crippen LogP contribution in [0.3, 0.4) is 0 Å². The first-order valence-corrected chi connectivity index (χ1v) is 12.3. The van der Waals surface area contributed by atoms with Gasteiger partial charge in [-0.1, -0.05) is 62.4 Å². The summed E-state index contributed by atoms with van der Waals surface area (Å²) in [5, 5.41) is 11.8. The minimum absolute atomic E-state index is 0.0126. The molecule has 1 saturated heterocycles. The van der Waals surface area contributed by atoms with Crippen molar-refractivity contribution in [3.05, 3.63) is 106 Å². The first-order valence-electron chi connectivity index (χ1n) is 12.3. The predicted octanol–water partition coefficient (Wildman–Crippen LogP) is 5.72. The van der Waals surface area contributed by atoms with E-state index >= 15 is 0 Å². The fourth-order valence-corrected chi connectivity index (χ4v) is 6.88. The lowest BCUT2D eigenvalue weighted by molar-refractivity contribution is 0.00502. The second kappa shape index (κ2) is 7.93. The van der Waals surface area contributed by atoms with Gasteiger partial charge in [-0.25, -0.2) is 0 Å². The summed E-state index contributed by atoms with van der Waals surface area (Å²) < 4.78 is 2.06. The lowest BCUT2D eigenvalue weighted by atomic mass is 9.63. The standard InChI is InChI=1S/C31H29N3O/c1-30-18-31(2,21-33(19-30)17-23-7-5-6-22(14-23)16-32)29-27(12-13-28(35)34(29)20-30)26-11-10-24-8-3-4-9-25(24)15-26/h3-15H,17-21H2,1-2H3/t30-,31+/m0/s1. The average molecular weight is 460 g/mol. The normalized spacial score (nSPS) is 23.6. The summed E-state index contributed by atoms with van der Waals surface area (Å²) >= 11 is 0. The molecule has 4 aromatic rings. The van der Waals surface area contributed by atoms with Gasteiger partial charge in [0, 0.05) is 48.9 Å². The number of rotatable bonds is 3. The smallest absolute Gasteiger partial charge is 0.250 e. The lowest BCUT2D eigenvalue weighted by Gasteiger charge is -2.55. The van der Waals surface area contributed by atoms with Crippen molar-refractivity contribution in [2.75, 3.05) is 13.1 Å². The molecule has 2 atom stereocenters. The third-order valence-corrected chi connectivity index (χ3v) is 7.81. The quantitative estimate of drug-likeness (QED) is 0.393. The van der Waals surface area contributed by atoms with Gasteiger partial charge in [0.2, 0.25) is 0 Å². The Morgan fingerprint density at radius 3 is 2.54 bits per heavy atom. The zero-order chi connectivity index (χ0) is 24.2. The number of pyridine rings is 1. The minimum Gasteiger partial charge on any atom is -0.311 e. The summed E-state index contributed by atoms with van der Waals surface area (Å²) in [5.41, 5.74) is 5.30. The molecule has 4 heteroatoms. The van der Waals surface area contributed by atoms with E-state index in [0.717, 1.165) is 55.0 Å². The minimum atomic E-state index is -0.153. The van der Waals surface area contributed by atoms with Gasteiger partial charge in [-0.05, 0) is 58.0 Å². The molecule has 2 aliphatic heterocycles. The van der Waals surface area contributed by atoms with Crippen LogP contribution in [0.2, 0.25) is 0 Å². The Morgan fingerprint density at radius 2 is 1.71 bits per heavy atom. The van der Waals surface area contributed by atoms with Crippen LogP contribution in [-0.4, -0.2) is 22.6 Å². The van der Waals surface area contributed by atoms with Crippen LogP contribution in [-0.2, 0) is 18.5 Å². The molecule has 4 nitrogen and oxygen atoms in total. The number of piperidine rings is 1. The van der Waals surface area contributed by atoms with Crippen LogP contribution < -0.4 is 5.56 Å². The van der Waals surface area contributed by atoms with Crippen LogP contribution in [0.5, 0.6) is 0 Å². The molecule has 0 aliphatic carbocycles. The van der Waals surface area contributed by atoms with Gasteiger partial charge >= 0.3 is 0 Å². The highest BCUT2D eigenvalue weighted by atomic mass is 16.1. The first kappa shape index (κ1) is 21.8. The van der Waals surface area contributed by atoms with Crippen LogP contribution in [0.4, 0.5) is 0 Å². The molecule has 0 radical (unpaired) electrons. The van der Waals surface area contributed by atoms with E-state index < -0.39 is 0 Å². The zero-order valence-corrected chi connectivity index (χ0v) is 20.3. The summed E-state index contributed by atoms with van der Waals surface area (Å²) in [7, 11) is 0. The van der Waals surface area contributed by atoms with Gasteiger partial charge in [-0.15, -0.1) is 0 Å². The molecule has 2 bridgehead atoms. The fraction of sp³-hybridized carbons (Fsp3) is 0.290. The SMILES string of the molecule is C[C@@]12CN(Cc3cccc(C#N)c3)C[C@@](C)(C1)c1c(-c3ccc4ccccc4c3)ccc(=O)n1C2. The maximum absolute atomic E-state index is 13.1. The number of hydrogen-bond acceptors (Lipinski definition) is 3. The number of nitrogens with zero attached hydrogens (tertiary/aromatic N) is 3. The molecule has 0 N–H and O–H groups in total. The van der Waals surface area contributed by atoms with Crippen molar-refractivity contribution in [3.8, 4) is 17.2 Å². The van der Waals surface area contributed by atoms with Crippen molar-refractivity contribution in [3.63, 3.8) is 0 Å². The molecule has 1 aromatic heterocycles. The van der Waals surface area contributed by atoms with Gasteiger partial charge < -0.3 is 4.57 Å². The fourth-order valence-electron chi connectivity index (χ4n) is 6.88. The molecule has 35 heavy (non-hydrogen) atoms. The summed E-state index contributed by atoms with van der Waals surface area (Å²) in [5.74, 6) is 0. The number of aromatic nitrogens is 1. The topological polar surface area (TPSA) is 49.0 Å². The molecular formula is C31H29N3O. The Kier molecular flexibility index (Phi) is 4.95. The molecule has 6 rings (SSSR count). The highest BCUT2D eigenvalue weighted by Gasteiger charge is 2.49. The molecule has 174 valence electrons. The average Bonchev–Trinajstić information content (AvgIpc) is 2.83. The van der Waals surface area contributed by atoms with E-state index in [1.807, 2.05) is 24.3 Å². The lowest BCUT2D eigenvalue weighted by Crippen LogP contribution is -2.59. The molecule has 0 spiro atoms. The summed E-state index contributed by atoms with van der Waals surface area (Å²) in [6.45, 7) is 8.00. The Bertz CT molecular complexity index is 1560. The number of benzene rings is 3. The van der Waals surface area contributed by atoms with E-state index in [1.54, 1.807) is 6.07 Å². The van der Waals surface area contributed by atoms with Gasteiger partial charge in [-0.3, -0.25) is 9.69 Å². The van der Waals surface area contributed by atoms with Gasteiger partial charge in [0.15, 0.2) is 0 Å². The van der Waals surface area contributed by atoms with Gasteiger partial charge in [0.05, 0.1) is 11.6 Å². The van der Waals surface area contributed by atoms with E-state index in [4.69, 9.17) is 0 Å². The van der Waals surface area contributed by atoms with Crippen molar-refractivity contribution >= 4 is 10.8 Å². The van der Waals surface area contributed by atoms with Gasteiger partial charge in [0.25, 0.3) is 5.56 Å². The Labute approximate surface area is 206 Å². The highest BCUT2D eigenvalue weighted by molar-refractivity contribution is 5.87. The van der Waals surface area contributed by atoms with Crippen molar-refractivity contribution in [2.24, 2.45) is 5.41 Å². The maximum Gasteiger partial charge on any atom is 0.250 e. The van der Waals surface area contributed by atoms with Crippen molar-refractivity contribution in [2.45, 2.75) is 38.8 Å². The number of likely N-dealkylation sites (tertiary alicyclic amines) is 1. The Balaban J connectivity index is 1.45. The Hall–Kier alpha value is -3.68. The van der Waals surface area contributed by atoms with Crippen molar-refractivity contribution in [1.82, 2.24) is 9.47 Å². The third-order valence-electron chi connectivity index (χ3n) is 7.81. The van der Waals surface area contributed by atoms with E-state index in [0.29, 0.717) is 5.56 Å². The summed E-state index contributed by atoms with van der Waals surface area (Å²) in [6, 6.07) is 29.0. The van der Waals surface area contributed by atoms with Crippen LogP contribution in [0.25, 0.3) is 21.9 Å². The molecule has 2 aliphatic rings.